The van der Waals surface area contributed by atoms with Crippen LogP contribution in [0.3, 0.4) is 0 Å². The Morgan fingerprint density at radius 1 is 1.11 bits per heavy atom. The first kappa shape index (κ1) is 24.9. The number of aryl methyl sites for hydroxylation is 2. The Hall–Kier alpha value is -3.75. The first-order chi connectivity index (χ1) is 17.9. The summed E-state index contributed by atoms with van der Waals surface area (Å²) in [5.74, 6) is 0.681. The molecular formula is C28H27ClN6OS. The normalized spacial score (nSPS) is 17.1. The predicted molar refractivity (Wildman–Crippen MR) is 150 cm³/mol. The lowest BCUT2D eigenvalue weighted by Crippen LogP contribution is -2.33. The van der Waals surface area contributed by atoms with Crippen LogP contribution in [0.15, 0.2) is 79.3 Å². The van der Waals surface area contributed by atoms with Crippen molar-refractivity contribution in [2.24, 2.45) is 0 Å². The number of nitrogens with zero attached hydrogens (tertiary/aromatic N) is 4. The fourth-order valence-electron chi connectivity index (χ4n) is 4.63. The summed E-state index contributed by atoms with van der Waals surface area (Å²) in [7, 11) is 0. The average molecular weight is 531 g/mol. The number of carbonyl (C=O) groups excluding carboxylic acids is 1. The van der Waals surface area contributed by atoms with Gasteiger partial charge in [0.05, 0.1) is 22.8 Å². The highest BCUT2D eigenvalue weighted by Gasteiger charge is 2.41. The highest BCUT2D eigenvalue weighted by molar-refractivity contribution is 7.80. The molecule has 1 aromatic carbocycles. The van der Waals surface area contributed by atoms with Crippen molar-refractivity contribution < 1.29 is 4.79 Å². The number of carbonyl (C=O) groups is 1. The molecule has 2 atom stereocenters. The molecule has 1 amide bonds. The van der Waals surface area contributed by atoms with Gasteiger partial charge < -0.3 is 20.1 Å². The largest absolute Gasteiger partial charge is 0.352 e. The van der Waals surface area contributed by atoms with E-state index in [9.17, 15) is 4.79 Å². The summed E-state index contributed by atoms with van der Waals surface area (Å²) in [6, 6.07) is 19.2. The smallest absolute Gasteiger partial charge is 0.226 e. The quantitative estimate of drug-likeness (QED) is 0.306. The summed E-state index contributed by atoms with van der Waals surface area (Å²) < 4.78 is 2.02. The van der Waals surface area contributed by atoms with E-state index in [2.05, 4.69) is 31.6 Å². The SMILES string of the molecule is Cc1ccc(C)c(NC(=O)CCN2C(=S)N[C@@H](c3ccccn3)[C@H]2c2cccn2-c2ccc(Cl)cn2)c1. The van der Waals surface area contributed by atoms with Crippen molar-refractivity contribution in [3.05, 3.63) is 107 Å². The lowest BCUT2D eigenvalue weighted by atomic mass is 10.0. The van der Waals surface area contributed by atoms with E-state index in [1.165, 1.54) is 0 Å². The molecular weight excluding hydrogens is 504 g/mol. The van der Waals surface area contributed by atoms with Crippen LogP contribution in [-0.2, 0) is 4.79 Å². The van der Waals surface area contributed by atoms with Crippen molar-refractivity contribution in [1.82, 2.24) is 24.8 Å². The molecule has 7 nitrogen and oxygen atoms in total. The molecule has 0 saturated carbocycles. The summed E-state index contributed by atoms with van der Waals surface area (Å²) in [4.78, 5) is 24.1. The number of pyridine rings is 2. The fourth-order valence-corrected chi connectivity index (χ4v) is 5.07. The Balaban J connectivity index is 1.44. The summed E-state index contributed by atoms with van der Waals surface area (Å²) in [6.45, 7) is 4.44. The van der Waals surface area contributed by atoms with Gasteiger partial charge in [0.15, 0.2) is 5.11 Å². The Labute approximate surface area is 226 Å². The van der Waals surface area contributed by atoms with Crippen LogP contribution in [0.25, 0.3) is 5.82 Å². The van der Waals surface area contributed by atoms with Gasteiger partial charge in [-0.05, 0) is 79.7 Å². The Morgan fingerprint density at radius 3 is 2.73 bits per heavy atom. The zero-order valence-electron chi connectivity index (χ0n) is 20.6. The molecule has 188 valence electrons. The first-order valence-corrected chi connectivity index (χ1v) is 12.8. The van der Waals surface area contributed by atoms with Crippen LogP contribution < -0.4 is 10.6 Å². The van der Waals surface area contributed by atoms with Crippen molar-refractivity contribution in [1.29, 1.82) is 0 Å². The maximum Gasteiger partial charge on any atom is 0.226 e. The minimum Gasteiger partial charge on any atom is -0.352 e. The number of amides is 1. The van der Waals surface area contributed by atoms with Gasteiger partial charge in [0.1, 0.15) is 5.82 Å². The summed E-state index contributed by atoms with van der Waals surface area (Å²) in [5, 5.41) is 7.65. The maximum absolute atomic E-state index is 13.0. The number of hydrogen-bond donors (Lipinski definition) is 2. The van der Waals surface area contributed by atoms with Crippen LogP contribution >= 0.6 is 23.8 Å². The van der Waals surface area contributed by atoms with E-state index in [-0.39, 0.29) is 24.4 Å². The second kappa shape index (κ2) is 10.7. The molecule has 1 aliphatic heterocycles. The molecule has 9 heteroatoms. The zero-order valence-corrected chi connectivity index (χ0v) is 22.1. The number of hydrogen-bond acceptors (Lipinski definition) is 4. The number of thiocarbonyl (C=S) groups is 1. The fraction of sp³-hybridized carbons (Fsp3) is 0.214. The van der Waals surface area contributed by atoms with Gasteiger partial charge in [-0.15, -0.1) is 0 Å². The van der Waals surface area contributed by atoms with E-state index in [0.717, 1.165) is 34.0 Å². The Morgan fingerprint density at radius 2 is 1.97 bits per heavy atom. The second-order valence-corrected chi connectivity index (χ2v) is 9.90. The number of rotatable bonds is 7. The first-order valence-electron chi connectivity index (χ1n) is 12.0. The molecule has 1 aliphatic rings. The summed E-state index contributed by atoms with van der Waals surface area (Å²) >= 11 is 11.9. The third-order valence-electron chi connectivity index (χ3n) is 6.49. The standard InChI is InChI=1S/C28H27ClN6OS/c1-18-8-9-19(2)22(16-18)32-25(36)12-15-35-27(26(33-28(35)37)21-6-3-4-13-30-21)23-7-5-14-34(23)24-11-10-20(29)17-31-24/h3-11,13-14,16-17,26-27H,12,15H2,1-2H3,(H,32,36)(H,33,37)/t26-,27+/m0/s1. The highest BCUT2D eigenvalue weighted by atomic mass is 35.5. The molecule has 4 heterocycles. The molecule has 1 fully saturated rings. The van der Waals surface area contributed by atoms with Crippen LogP contribution in [0, 0.1) is 13.8 Å². The third kappa shape index (κ3) is 5.35. The lowest BCUT2D eigenvalue weighted by molar-refractivity contribution is -0.116. The number of anilines is 1. The molecule has 3 aromatic heterocycles. The molecule has 0 aliphatic carbocycles. The van der Waals surface area contributed by atoms with Crippen molar-refractivity contribution in [3.63, 3.8) is 0 Å². The van der Waals surface area contributed by atoms with Crippen molar-refractivity contribution in [2.45, 2.75) is 32.4 Å². The van der Waals surface area contributed by atoms with Gasteiger partial charge in [0.25, 0.3) is 0 Å². The third-order valence-corrected chi connectivity index (χ3v) is 7.06. The van der Waals surface area contributed by atoms with E-state index in [0.29, 0.717) is 16.7 Å². The van der Waals surface area contributed by atoms with Crippen molar-refractivity contribution >= 4 is 40.5 Å². The van der Waals surface area contributed by atoms with Crippen LogP contribution in [0.1, 0.15) is 41.0 Å². The topological polar surface area (TPSA) is 75.1 Å². The van der Waals surface area contributed by atoms with Crippen LogP contribution in [0.2, 0.25) is 5.02 Å². The van der Waals surface area contributed by atoms with E-state index < -0.39 is 0 Å². The number of aromatic nitrogens is 3. The minimum absolute atomic E-state index is 0.0636. The molecule has 4 aromatic rings. The van der Waals surface area contributed by atoms with Gasteiger partial charge in [-0.3, -0.25) is 9.78 Å². The summed E-state index contributed by atoms with van der Waals surface area (Å²) in [5.41, 5.74) is 4.80. The van der Waals surface area contributed by atoms with Gasteiger partial charge in [-0.1, -0.05) is 29.8 Å². The minimum atomic E-state index is -0.205. The highest BCUT2D eigenvalue weighted by Crippen LogP contribution is 2.39. The average Bonchev–Trinajstić information content (AvgIpc) is 3.50. The van der Waals surface area contributed by atoms with Crippen LogP contribution in [0.5, 0.6) is 0 Å². The van der Waals surface area contributed by atoms with E-state index in [1.807, 2.05) is 79.2 Å². The van der Waals surface area contributed by atoms with Gasteiger partial charge in [0, 0.05) is 42.9 Å². The van der Waals surface area contributed by atoms with Gasteiger partial charge in [0.2, 0.25) is 5.91 Å². The zero-order chi connectivity index (χ0) is 25.9. The molecule has 0 unspecified atom stereocenters. The Kier molecular flexibility index (Phi) is 7.21. The second-order valence-electron chi connectivity index (χ2n) is 9.07. The predicted octanol–water partition coefficient (Wildman–Crippen LogP) is 5.54. The molecule has 0 spiro atoms. The van der Waals surface area contributed by atoms with Crippen LogP contribution in [-0.4, -0.2) is 37.0 Å². The molecule has 37 heavy (non-hydrogen) atoms. The van der Waals surface area contributed by atoms with Gasteiger partial charge in [-0.25, -0.2) is 4.98 Å². The molecule has 0 radical (unpaired) electrons. The Bertz CT molecular complexity index is 1420. The maximum atomic E-state index is 13.0. The number of halogens is 1. The molecule has 1 saturated heterocycles. The monoisotopic (exact) mass is 530 g/mol. The van der Waals surface area contributed by atoms with E-state index in [1.54, 1.807) is 12.4 Å². The van der Waals surface area contributed by atoms with E-state index >= 15 is 0 Å². The van der Waals surface area contributed by atoms with Crippen molar-refractivity contribution in [3.8, 4) is 5.82 Å². The van der Waals surface area contributed by atoms with Crippen molar-refractivity contribution in [2.75, 3.05) is 11.9 Å². The molecule has 2 N–H and O–H groups in total. The van der Waals surface area contributed by atoms with Gasteiger partial charge >= 0.3 is 0 Å². The number of nitrogens with one attached hydrogen (secondary N) is 2. The molecule has 5 rings (SSSR count). The van der Waals surface area contributed by atoms with Gasteiger partial charge in [-0.2, -0.15) is 0 Å². The van der Waals surface area contributed by atoms with Crippen LogP contribution in [0.4, 0.5) is 5.69 Å². The van der Waals surface area contributed by atoms with E-state index in [4.69, 9.17) is 23.8 Å². The summed E-state index contributed by atoms with van der Waals surface area (Å²) in [6.07, 6.45) is 5.65. The molecule has 0 bridgehead atoms. The number of benzene rings is 1. The lowest BCUT2D eigenvalue weighted by Gasteiger charge is -2.28.